The van der Waals surface area contributed by atoms with Crippen LogP contribution in [0.2, 0.25) is 0 Å². The van der Waals surface area contributed by atoms with E-state index < -0.39 is 11.7 Å². The van der Waals surface area contributed by atoms with Gasteiger partial charge in [-0.05, 0) is 12.5 Å². The van der Waals surface area contributed by atoms with Gasteiger partial charge < -0.3 is 10.1 Å². The van der Waals surface area contributed by atoms with Crippen molar-refractivity contribution in [2.24, 2.45) is 0 Å². The minimum Gasteiger partial charge on any atom is -0.384 e. The van der Waals surface area contributed by atoms with Crippen LogP contribution in [0, 0.1) is 5.82 Å². The van der Waals surface area contributed by atoms with E-state index in [1.807, 2.05) is 0 Å². The van der Waals surface area contributed by atoms with Crippen molar-refractivity contribution in [1.29, 1.82) is 0 Å². The molecule has 94 valence electrons. The van der Waals surface area contributed by atoms with Crippen LogP contribution in [0.15, 0.2) is 18.5 Å². The first-order chi connectivity index (χ1) is 8.15. The minimum atomic E-state index is -0.614. The first-order valence-electron chi connectivity index (χ1n) is 5.16. The molecule has 6 heteroatoms. The molecule has 0 aliphatic heterocycles. The van der Waals surface area contributed by atoms with Crippen molar-refractivity contribution in [3.8, 4) is 0 Å². The van der Waals surface area contributed by atoms with Crippen LogP contribution in [0.4, 0.5) is 4.39 Å². The number of pyridine rings is 1. The van der Waals surface area contributed by atoms with Gasteiger partial charge in [0, 0.05) is 24.7 Å². The summed E-state index contributed by atoms with van der Waals surface area (Å²) < 4.78 is 18.1. The zero-order valence-corrected chi connectivity index (χ0v) is 11.0. The largest absolute Gasteiger partial charge is 0.384 e. The molecule has 17 heavy (non-hydrogen) atoms. The Bertz CT molecular complexity index is 376. The van der Waals surface area contributed by atoms with Crippen LogP contribution in [0.1, 0.15) is 16.8 Å². The van der Waals surface area contributed by atoms with Crippen molar-refractivity contribution in [2.75, 3.05) is 20.3 Å². The fourth-order valence-electron chi connectivity index (χ4n) is 1.26. The molecular weight excluding hydrogens is 291 g/mol. The summed E-state index contributed by atoms with van der Waals surface area (Å²) in [6, 6.07) is 1.35. The van der Waals surface area contributed by atoms with Gasteiger partial charge in [-0.2, -0.15) is 0 Å². The molecule has 0 radical (unpaired) electrons. The lowest BCUT2D eigenvalue weighted by molar-refractivity contribution is 0.0947. The molecule has 1 unspecified atom stereocenters. The maximum atomic E-state index is 13.2. The molecule has 1 amide bonds. The number of halogens is 2. The van der Waals surface area contributed by atoms with E-state index in [-0.39, 0.29) is 10.4 Å². The van der Waals surface area contributed by atoms with Crippen molar-refractivity contribution in [1.82, 2.24) is 10.3 Å². The molecule has 0 bridgehead atoms. The third-order valence-electron chi connectivity index (χ3n) is 2.11. The fraction of sp³-hybridized carbons (Fsp3) is 0.455. The lowest BCUT2D eigenvalue weighted by Crippen LogP contribution is -2.27. The van der Waals surface area contributed by atoms with Crippen molar-refractivity contribution >= 4 is 21.8 Å². The standard InChI is InChI=1S/C11H14BrFN2O2/c1-17-7-8(12)2-5-15-11(16)9-3-4-14-6-10(9)13/h3-4,6,8H,2,5,7H2,1H3,(H,15,16). The van der Waals surface area contributed by atoms with Crippen LogP contribution in [-0.2, 0) is 4.74 Å². The first-order valence-corrected chi connectivity index (χ1v) is 6.07. The number of hydrogen-bond acceptors (Lipinski definition) is 3. The molecule has 0 spiro atoms. The van der Waals surface area contributed by atoms with Gasteiger partial charge in [-0.15, -0.1) is 0 Å². The monoisotopic (exact) mass is 304 g/mol. The average Bonchev–Trinajstić information content (AvgIpc) is 2.29. The van der Waals surface area contributed by atoms with Gasteiger partial charge >= 0.3 is 0 Å². The molecule has 0 saturated carbocycles. The van der Waals surface area contributed by atoms with Gasteiger partial charge in [-0.3, -0.25) is 9.78 Å². The van der Waals surface area contributed by atoms with E-state index in [2.05, 4.69) is 26.2 Å². The van der Waals surface area contributed by atoms with Crippen LogP contribution in [0.5, 0.6) is 0 Å². The summed E-state index contributed by atoms with van der Waals surface area (Å²) in [6.07, 6.45) is 3.12. The van der Waals surface area contributed by atoms with Crippen LogP contribution in [-0.4, -0.2) is 36.0 Å². The van der Waals surface area contributed by atoms with Gasteiger partial charge in [0.25, 0.3) is 5.91 Å². The van der Waals surface area contributed by atoms with Crippen molar-refractivity contribution < 1.29 is 13.9 Å². The zero-order valence-electron chi connectivity index (χ0n) is 9.45. The maximum absolute atomic E-state index is 13.2. The van der Waals surface area contributed by atoms with E-state index in [1.165, 1.54) is 12.3 Å². The number of aromatic nitrogens is 1. The molecule has 1 heterocycles. The summed E-state index contributed by atoms with van der Waals surface area (Å²) in [7, 11) is 1.61. The van der Waals surface area contributed by atoms with Gasteiger partial charge in [-0.1, -0.05) is 15.9 Å². The van der Waals surface area contributed by atoms with Gasteiger partial charge in [0.2, 0.25) is 0 Å². The SMILES string of the molecule is COCC(Br)CCNC(=O)c1ccncc1F. The predicted octanol–water partition coefficient (Wildman–Crippen LogP) is 1.75. The molecule has 1 aromatic heterocycles. The van der Waals surface area contributed by atoms with Crippen LogP contribution in [0.3, 0.4) is 0 Å². The highest BCUT2D eigenvalue weighted by molar-refractivity contribution is 9.09. The van der Waals surface area contributed by atoms with Gasteiger partial charge in [-0.25, -0.2) is 4.39 Å². The first kappa shape index (κ1) is 14.1. The molecule has 0 saturated heterocycles. The number of carbonyl (C=O) groups is 1. The number of amides is 1. The van der Waals surface area contributed by atoms with Crippen molar-refractivity contribution in [3.63, 3.8) is 0 Å². The quantitative estimate of drug-likeness (QED) is 0.815. The summed E-state index contributed by atoms with van der Waals surface area (Å²) in [4.78, 5) is 15.3. The summed E-state index contributed by atoms with van der Waals surface area (Å²) in [5.74, 6) is -1.04. The molecule has 0 aromatic carbocycles. The Kier molecular flexibility index (Phi) is 6.07. The van der Waals surface area contributed by atoms with E-state index in [0.29, 0.717) is 19.6 Å². The number of methoxy groups -OCH3 is 1. The van der Waals surface area contributed by atoms with Gasteiger partial charge in [0.1, 0.15) is 0 Å². The number of nitrogens with one attached hydrogen (secondary N) is 1. The number of ether oxygens (including phenoxy) is 1. The van der Waals surface area contributed by atoms with E-state index in [1.54, 1.807) is 7.11 Å². The average molecular weight is 305 g/mol. The highest BCUT2D eigenvalue weighted by Crippen LogP contribution is 2.06. The lowest BCUT2D eigenvalue weighted by Gasteiger charge is -2.09. The second-order valence-corrected chi connectivity index (χ2v) is 4.75. The van der Waals surface area contributed by atoms with Crippen LogP contribution in [0.25, 0.3) is 0 Å². The molecule has 0 aliphatic rings. The molecule has 0 aliphatic carbocycles. The third-order valence-corrected chi connectivity index (χ3v) is 2.83. The highest BCUT2D eigenvalue weighted by atomic mass is 79.9. The Morgan fingerprint density at radius 1 is 1.71 bits per heavy atom. The van der Waals surface area contributed by atoms with Crippen molar-refractivity contribution in [2.45, 2.75) is 11.2 Å². The van der Waals surface area contributed by atoms with E-state index in [0.717, 1.165) is 6.20 Å². The third kappa shape index (κ3) is 4.79. The van der Waals surface area contributed by atoms with Crippen LogP contribution >= 0.6 is 15.9 Å². The maximum Gasteiger partial charge on any atom is 0.254 e. The molecule has 1 aromatic rings. The number of hydrogen-bond donors (Lipinski definition) is 1. The van der Waals surface area contributed by atoms with Crippen LogP contribution < -0.4 is 5.32 Å². The lowest BCUT2D eigenvalue weighted by atomic mass is 10.2. The second-order valence-electron chi connectivity index (χ2n) is 3.45. The Morgan fingerprint density at radius 2 is 2.47 bits per heavy atom. The molecule has 4 nitrogen and oxygen atoms in total. The summed E-state index contributed by atoms with van der Waals surface area (Å²) in [6.45, 7) is 1.03. The Labute approximate surface area is 108 Å². The molecule has 1 atom stereocenters. The highest BCUT2D eigenvalue weighted by Gasteiger charge is 2.11. The number of nitrogens with zero attached hydrogens (tertiary/aromatic N) is 1. The van der Waals surface area contributed by atoms with E-state index in [4.69, 9.17) is 4.74 Å². The summed E-state index contributed by atoms with van der Waals surface area (Å²) >= 11 is 3.40. The number of rotatable bonds is 6. The molecule has 1 N–H and O–H groups in total. The van der Waals surface area contributed by atoms with Crippen molar-refractivity contribution in [3.05, 3.63) is 29.8 Å². The summed E-state index contributed by atoms with van der Waals surface area (Å²) in [5, 5.41) is 2.64. The molecular formula is C11H14BrFN2O2. The Hall–Kier alpha value is -1.01. The summed E-state index contributed by atoms with van der Waals surface area (Å²) in [5.41, 5.74) is 0.0119. The Morgan fingerprint density at radius 3 is 3.12 bits per heavy atom. The predicted molar refractivity (Wildman–Crippen MR) is 65.7 cm³/mol. The van der Waals surface area contributed by atoms with E-state index >= 15 is 0 Å². The van der Waals surface area contributed by atoms with E-state index in [9.17, 15) is 9.18 Å². The molecule has 1 rings (SSSR count). The smallest absolute Gasteiger partial charge is 0.254 e. The topological polar surface area (TPSA) is 51.2 Å². The van der Waals surface area contributed by atoms with Gasteiger partial charge in [0.15, 0.2) is 5.82 Å². The zero-order chi connectivity index (χ0) is 12.7. The normalized spacial score (nSPS) is 12.2. The Balaban J connectivity index is 2.38. The fourth-order valence-corrected chi connectivity index (χ4v) is 1.75. The minimum absolute atomic E-state index is 0.0119. The van der Waals surface area contributed by atoms with Gasteiger partial charge in [0.05, 0.1) is 18.4 Å². The molecule has 0 fully saturated rings. The second kappa shape index (κ2) is 7.34. The number of carbonyl (C=O) groups excluding carboxylic acids is 1. The number of alkyl halides is 1.